The smallest absolute Gasteiger partial charge is 0.319 e. The summed E-state index contributed by atoms with van der Waals surface area (Å²) in [6, 6.07) is 2.41. The molecule has 1 fully saturated rings. The molecule has 0 aromatic heterocycles. The Morgan fingerprint density at radius 3 is 2.90 bits per heavy atom. The van der Waals surface area contributed by atoms with Crippen molar-refractivity contribution >= 4 is 23.3 Å². The number of carbonyl (C=O) groups is 1. The Labute approximate surface area is 123 Å². The van der Waals surface area contributed by atoms with Gasteiger partial charge in [-0.1, -0.05) is 18.5 Å². The van der Waals surface area contributed by atoms with Crippen molar-refractivity contribution in [1.82, 2.24) is 10.6 Å². The number of carbonyl (C=O) groups excluding carboxylic acids is 1. The average molecular weight is 300 g/mol. The Morgan fingerprint density at radius 1 is 1.50 bits per heavy atom. The second-order valence-corrected chi connectivity index (χ2v) is 5.72. The van der Waals surface area contributed by atoms with Crippen LogP contribution in [0.5, 0.6) is 0 Å². The van der Waals surface area contributed by atoms with Gasteiger partial charge in [0.2, 0.25) is 0 Å². The zero-order chi connectivity index (χ0) is 14.7. The van der Waals surface area contributed by atoms with E-state index in [1.807, 2.05) is 0 Å². The summed E-state index contributed by atoms with van der Waals surface area (Å²) >= 11 is 5.90. The Bertz CT molecular complexity index is 509. The van der Waals surface area contributed by atoms with Gasteiger partial charge in [-0.05, 0) is 49.5 Å². The molecule has 1 aliphatic heterocycles. The van der Waals surface area contributed by atoms with E-state index in [0.717, 1.165) is 13.1 Å². The first-order valence-electron chi connectivity index (χ1n) is 6.68. The molecule has 4 nitrogen and oxygen atoms in total. The van der Waals surface area contributed by atoms with E-state index in [9.17, 15) is 9.18 Å². The van der Waals surface area contributed by atoms with Crippen molar-refractivity contribution in [3.63, 3.8) is 0 Å². The lowest BCUT2D eigenvalue weighted by molar-refractivity contribution is 0.249. The van der Waals surface area contributed by atoms with E-state index in [4.69, 9.17) is 11.6 Å². The maximum Gasteiger partial charge on any atom is 0.319 e. The third-order valence-corrected chi connectivity index (χ3v) is 4.01. The zero-order valence-electron chi connectivity index (χ0n) is 11.6. The van der Waals surface area contributed by atoms with E-state index in [-0.39, 0.29) is 16.9 Å². The predicted octanol–water partition coefficient (Wildman–Crippen LogP) is 2.76. The number of hydrogen-bond donors (Lipinski definition) is 3. The highest BCUT2D eigenvalue weighted by molar-refractivity contribution is 6.33. The summed E-state index contributed by atoms with van der Waals surface area (Å²) in [5.41, 5.74) is 0.860. The first-order valence-corrected chi connectivity index (χ1v) is 7.06. The molecule has 0 bridgehead atoms. The van der Waals surface area contributed by atoms with Crippen LogP contribution in [0.2, 0.25) is 5.02 Å². The second kappa shape index (κ2) is 6.41. The highest BCUT2D eigenvalue weighted by Gasteiger charge is 2.23. The quantitative estimate of drug-likeness (QED) is 0.804. The maximum atomic E-state index is 13.3. The number of nitrogens with one attached hydrogen (secondary N) is 3. The van der Waals surface area contributed by atoms with Gasteiger partial charge in [0.15, 0.2) is 0 Å². The summed E-state index contributed by atoms with van der Waals surface area (Å²) in [4.78, 5) is 11.8. The largest absolute Gasteiger partial charge is 0.338 e. The van der Waals surface area contributed by atoms with Gasteiger partial charge in [0.05, 0.1) is 10.7 Å². The summed E-state index contributed by atoms with van der Waals surface area (Å²) in [5.74, 6) is 0.602. The van der Waals surface area contributed by atoms with E-state index >= 15 is 0 Å². The molecular weight excluding hydrogens is 281 g/mol. The normalized spacial score (nSPS) is 21.8. The summed E-state index contributed by atoms with van der Waals surface area (Å²) in [6.45, 7) is 6.29. The molecule has 110 valence electrons. The highest BCUT2D eigenvalue weighted by atomic mass is 35.5. The lowest BCUT2D eigenvalue weighted by Crippen LogP contribution is -2.35. The summed E-state index contributed by atoms with van der Waals surface area (Å²) in [6.07, 6.45) is 0. The Kier molecular flexibility index (Phi) is 4.83. The molecule has 0 spiro atoms. The molecule has 1 aliphatic rings. The van der Waals surface area contributed by atoms with Crippen molar-refractivity contribution < 1.29 is 9.18 Å². The molecule has 1 aromatic rings. The van der Waals surface area contributed by atoms with E-state index < -0.39 is 0 Å². The fraction of sp³-hybridized carbons (Fsp3) is 0.500. The lowest BCUT2D eigenvalue weighted by Gasteiger charge is -2.16. The van der Waals surface area contributed by atoms with Gasteiger partial charge in [-0.15, -0.1) is 0 Å². The topological polar surface area (TPSA) is 53.2 Å². The molecule has 1 heterocycles. The molecule has 3 N–H and O–H groups in total. The molecule has 2 atom stereocenters. The van der Waals surface area contributed by atoms with Crippen LogP contribution in [-0.2, 0) is 0 Å². The molecule has 0 saturated carbocycles. The maximum absolute atomic E-state index is 13.3. The number of halogens is 2. The molecule has 2 rings (SSSR count). The molecular formula is C14H19ClFN3O. The van der Waals surface area contributed by atoms with Crippen molar-refractivity contribution in [2.24, 2.45) is 11.8 Å². The number of anilines is 1. The minimum absolute atomic E-state index is 0.194. The standard InChI is InChI=1S/C14H19ClFN3O/c1-8-3-13(11(15)4-12(8)16)19-14(20)18-7-10-6-17-5-9(10)2/h3-4,9-10,17H,5-7H2,1-2H3,(H2,18,19,20)/t9-,10+/m1/s1. The van der Waals surface area contributed by atoms with Gasteiger partial charge < -0.3 is 16.0 Å². The number of amides is 2. The first kappa shape index (κ1) is 15.1. The van der Waals surface area contributed by atoms with Crippen LogP contribution in [0, 0.1) is 24.6 Å². The fourth-order valence-corrected chi connectivity index (χ4v) is 2.48. The SMILES string of the molecule is Cc1cc(NC(=O)NC[C@@H]2CNC[C@H]2C)c(Cl)cc1F. The fourth-order valence-electron chi connectivity index (χ4n) is 2.28. The summed E-state index contributed by atoms with van der Waals surface area (Å²) < 4.78 is 13.3. The molecule has 0 unspecified atom stereocenters. The summed E-state index contributed by atoms with van der Waals surface area (Å²) in [5, 5.41) is 8.95. The summed E-state index contributed by atoms with van der Waals surface area (Å²) in [7, 11) is 0. The van der Waals surface area contributed by atoms with Gasteiger partial charge in [-0.3, -0.25) is 0 Å². The van der Waals surface area contributed by atoms with Crippen molar-refractivity contribution in [2.75, 3.05) is 25.0 Å². The van der Waals surface area contributed by atoms with Crippen molar-refractivity contribution in [1.29, 1.82) is 0 Å². The van der Waals surface area contributed by atoms with E-state index in [2.05, 4.69) is 22.9 Å². The average Bonchev–Trinajstić information content (AvgIpc) is 2.79. The van der Waals surface area contributed by atoms with Crippen molar-refractivity contribution in [2.45, 2.75) is 13.8 Å². The van der Waals surface area contributed by atoms with E-state index in [1.165, 1.54) is 12.1 Å². The minimum Gasteiger partial charge on any atom is -0.338 e. The van der Waals surface area contributed by atoms with Gasteiger partial charge in [0, 0.05) is 6.54 Å². The molecule has 0 aliphatic carbocycles. The number of hydrogen-bond acceptors (Lipinski definition) is 2. The Balaban J connectivity index is 1.90. The number of aryl methyl sites for hydroxylation is 1. The molecule has 1 aromatic carbocycles. The van der Waals surface area contributed by atoms with Crippen LogP contribution >= 0.6 is 11.6 Å². The Morgan fingerprint density at radius 2 is 2.25 bits per heavy atom. The van der Waals surface area contributed by atoms with Crippen LogP contribution in [0.15, 0.2) is 12.1 Å². The van der Waals surface area contributed by atoms with E-state index in [0.29, 0.717) is 29.6 Å². The number of urea groups is 1. The molecule has 1 saturated heterocycles. The monoisotopic (exact) mass is 299 g/mol. The minimum atomic E-state index is -0.383. The number of benzene rings is 1. The van der Waals surface area contributed by atoms with Crippen LogP contribution in [0.4, 0.5) is 14.9 Å². The van der Waals surface area contributed by atoms with Crippen molar-refractivity contribution in [3.8, 4) is 0 Å². The first-order chi connectivity index (χ1) is 9.47. The molecule has 2 amide bonds. The van der Waals surface area contributed by atoms with Crippen LogP contribution in [0.25, 0.3) is 0 Å². The second-order valence-electron chi connectivity index (χ2n) is 5.31. The molecule has 0 radical (unpaired) electrons. The lowest BCUT2D eigenvalue weighted by atomic mass is 9.98. The third-order valence-electron chi connectivity index (χ3n) is 3.70. The highest BCUT2D eigenvalue weighted by Crippen LogP contribution is 2.25. The van der Waals surface area contributed by atoms with Gasteiger partial charge >= 0.3 is 6.03 Å². The van der Waals surface area contributed by atoms with Crippen LogP contribution in [0.1, 0.15) is 12.5 Å². The third kappa shape index (κ3) is 3.61. The van der Waals surface area contributed by atoms with Gasteiger partial charge in [-0.25, -0.2) is 9.18 Å². The number of rotatable bonds is 3. The van der Waals surface area contributed by atoms with Gasteiger partial charge in [-0.2, -0.15) is 0 Å². The van der Waals surface area contributed by atoms with Crippen LogP contribution in [0.3, 0.4) is 0 Å². The predicted molar refractivity (Wildman–Crippen MR) is 78.7 cm³/mol. The Hall–Kier alpha value is -1.33. The van der Waals surface area contributed by atoms with Crippen LogP contribution in [-0.4, -0.2) is 25.7 Å². The molecule has 20 heavy (non-hydrogen) atoms. The molecule has 6 heteroatoms. The zero-order valence-corrected chi connectivity index (χ0v) is 12.4. The van der Waals surface area contributed by atoms with Crippen molar-refractivity contribution in [3.05, 3.63) is 28.5 Å². The van der Waals surface area contributed by atoms with Gasteiger partial charge in [0.25, 0.3) is 0 Å². The van der Waals surface area contributed by atoms with Crippen LogP contribution < -0.4 is 16.0 Å². The van der Waals surface area contributed by atoms with Gasteiger partial charge in [0.1, 0.15) is 5.82 Å². The van der Waals surface area contributed by atoms with E-state index in [1.54, 1.807) is 6.92 Å².